The number of sulfonamides is 1. The van der Waals surface area contributed by atoms with E-state index in [-0.39, 0.29) is 0 Å². The number of benzene rings is 1. The Balaban J connectivity index is 2.58. The first-order valence-corrected chi connectivity index (χ1v) is 8.21. The van der Waals surface area contributed by atoms with Crippen molar-refractivity contribution in [2.45, 2.75) is 39.0 Å². The van der Waals surface area contributed by atoms with Crippen LogP contribution in [0.2, 0.25) is 0 Å². The minimum Gasteiger partial charge on any atom is -0.398 e. The van der Waals surface area contributed by atoms with Crippen LogP contribution < -0.4 is 5.73 Å². The highest BCUT2D eigenvalue weighted by Gasteiger charge is 2.30. The molecule has 20 heavy (non-hydrogen) atoms. The summed E-state index contributed by atoms with van der Waals surface area (Å²) in [4.78, 5) is 0.379. The fraction of sp³-hybridized carbons (Fsp3) is 0.467. The predicted octanol–water partition coefficient (Wildman–Crippen LogP) is 2.53. The van der Waals surface area contributed by atoms with Crippen LogP contribution in [0.3, 0.4) is 0 Å². The summed E-state index contributed by atoms with van der Waals surface area (Å²) in [5, 5.41) is 0. The molecule has 1 aromatic carbocycles. The van der Waals surface area contributed by atoms with Gasteiger partial charge in [-0.25, -0.2) is 8.42 Å². The van der Waals surface area contributed by atoms with E-state index in [1.54, 1.807) is 11.2 Å². The maximum atomic E-state index is 12.9. The average Bonchev–Trinajstić information content (AvgIpc) is 2.36. The fourth-order valence-electron chi connectivity index (χ4n) is 2.64. The Hall–Kier alpha value is -1.33. The van der Waals surface area contributed by atoms with Crippen LogP contribution in [0.25, 0.3) is 0 Å². The molecule has 110 valence electrons. The SMILES string of the molecule is CC1=CCCN(S(=O)(=O)c2c(C)c(C)cc(N)c2C)C1. The number of aryl methyl sites for hydroxylation is 1. The molecule has 2 N–H and O–H groups in total. The van der Waals surface area contributed by atoms with Crippen LogP contribution >= 0.6 is 0 Å². The van der Waals surface area contributed by atoms with Crippen molar-refractivity contribution >= 4 is 15.7 Å². The van der Waals surface area contributed by atoms with E-state index in [4.69, 9.17) is 5.73 Å². The quantitative estimate of drug-likeness (QED) is 0.673. The zero-order valence-corrected chi connectivity index (χ0v) is 13.3. The van der Waals surface area contributed by atoms with Crippen LogP contribution in [0, 0.1) is 20.8 Å². The summed E-state index contributed by atoms with van der Waals surface area (Å²) in [6, 6.07) is 1.84. The van der Waals surface area contributed by atoms with E-state index >= 15 is 0 Å². The maximum Gasteiger partial charge on any atom is 0.243 e. The van der Waals surface area contributed by atoms with Crippen molar-refractivity contribution in [3.8, 4) is 0 Å². The van der Waals surface area contributed by atoms with E-state index in [9.17, 15) is 8.42 Å². The fourth-order valence-corrected chi connectivity index (χ4v) is 4.67. The van der Waals surface area contributed by atoms with E-state index in [0.29, 0.717) is 29.2 Å². The smallest absolute Gasteiger partial charge is 0.243 e. The monoisotopic (exact) mass is 294 g/mol. The molecule has 5 heteroatoms. The molecule has 4 nitrogen and oxygen atoms in total. The molecule has 2 rings (SSSR count). The standard InChI is InChI=1S/C15H22N2O2S/c1-10-6-5-7-17(9-10)20(18,19)15-12(3)11(2)8-14(16)13(15)4/h6,8H,5,7,9,16H2,1-4H3. The van der Waals surface area contributed by atoms with Crippen molar-refractivity contribution in [1.29, 1.82) is 0 Å². The highest BCUT2D eigenvalue weighted by atomic mass is 32.2. The number of anilines is 1. The summed E-state index contributed by atoms with van der Waals surface area (Å²) in [6.07, 6.45) is 2.86. The van der Waals surface area contributed by atoms with Crippen molar-refractivity contribution < 1.29 is 8.42 Å². The lowest BCUT2D eigenvalue weighted by Gasteiger charge is -2.27. The summed E-state index contributed by atoms with van der Waals surface area (Å²) in [6.45, 7) is 8.49. The van der Waals surface area contributed by atoms with Gasteiger partial charge >= 0.3 is 0 Å². The Morgan fingerprint density at radius 3 is 2.40 bits per heavy atom. The Morgan fingerprint density at radius 1 is 1.15 bits per heavy atom. The molecule has 0 atom stereocenters. The molecule has 0 spiro atoms. The van der Waals surface area contributed by atoms with Crippen LogP contribution in [0.5, 0.6) is 0 Å². The van der Waals surface area contributed by atoms with Gasteiger partial charge < -0.3 is 5.73 Å². The molecule has 0 aliphatic carbocycles. The number of rotatable bonds is 2. The molecule has 0 amide bonds. The van der Waals surface area contributed by atoms with Crippen LogP contribution in [0.15, 0.2) is 22.6 Å². The van der Waals surface area contributed by atoms with E-state index < -0.39 is 10.0 Å². The van der Waals surface area contributed by atoms with Gasteiger partial charge in [0.15, 0.2) is 0 Å². The zero-order chi connectivity index (χ0) is 15.1. The molecule has 0 saturated heterocycles. The summed E-state index contributed by atoms with van der Waals surface area (Å²) in [5.41, 5.74) is 9.94. The van der Waals surface area contributed by atoms with Gasteiger partial charge in [-0.2, -0.15) is 4.31 Å². The summed E-state index contributed by atoms with van der Waals surface area (Å²) >= 11 is 0. The highest BCUT2D eigenvalue weighted by molar-refractivity contribution is 7.89. The van der Waals surface area contributed by atoms with Crippen molar-refractivity contribution in [3.05, 3.63) is 34.4 Å². The number of hydrogen-bond acceptors (Lipinski definition) is 3. The third-order valence-electron chi connectivity index (χ3n) is 3.97. The molecule has 0 fully saturated rings. The largest absolute Gasteiger partial charge is 0.398 e. The van der Waals surface area contributed by atoms with Gasteiger partial charge in [-0.15, -0.1) is 0 Å². The molecule has 0 saturated carbocycles. The number of nitrogen functional groups attached to an aromatic ring is 1. The minimum absolute atomic E-state index is 0.379. The van der Waals surface area contributed by atoms with Gasteiger partial charge in [0.1, 0.15) is 0 Å². The molecular weight excluding hydrogens is 272 g/mol. The van der Waals surface area contributed by atoms with Gasteiger partial charge in [0.25, 0.3) is 0 Å². The average molecular weight is 294 g/mol. The molecule has 1 aliphatic heterocycles. The topological polar surface area (TPSA) is 63.4 Å². The second kappa shape index (κ2) is 5.22. The molecule has 1 heterocycles. The molecule has 0 unspecified atom stereocenters. The van der Waals surface area contributed by atoms with Gasteiger partial charge in [0.2, 0.25) is 10.0 Å². The molecule has 0 bridgehead atoms. The predicted molar refractivity (Wildman–Crippen MR) is 82.2 cm³/mol. The summed E-state index contributed by atoms with van der Waals surface area (Å²) in [5.74, 6) is 0. The Labute approximate surface area is 121 Å². The summed E-state index contributed by atoms with van der Waals surface area (Å²) < 4.78 is 27.4. The van der Waals surface area contributed by atoms with E-state index in [2.05, 4.69) is 6.08 Å². The van der Waals surface area contributed by atoms with Gasteiger partial charge in [-0.05, 0) is 56.9 Å². The van der Waals surface area contributed by atoms with Gasteiger partial charge in [-0.1, -0.05) is 11.6 Å². The summed E-state index contributed by atoms with van der Waals surface area (Å²) in [7, 11) is -3.49. The first-order valence-electron chi connectivity index (χ1n) is 6.77. The third-order valence-corrected chi connectivity index (χ3v) is 6.09. The van der Waals surface area contributed by atoms with Crippen molar-refractivity contribution in [2.24, 2.45) is 0 Å². The lowest BCUT2D eigenvalue weighted by molar-refractivity contribution is 0.427. The number of nitrogens with zero attached hydrogens (tertiary/aromatic N) is 1. The lowest BCUT2D eigenvalue weighted by Crippen LogP contribution is -2.36. The molecular formula is C15H22N2O2S. The molecule has 1 aromatic rings. The number of nitrogens with two attached hydrogens (primary N) is 1. The second-order valence-corrected chi connectivity index (χ2v) is 7.41. The van der Waals surface area contributed by atoms with Crippen molar-refractivity contribution in [1.82, 2.24) is 4.31 Å². The maximum absolute atomic E-state index is 12.9. The molecule has 1 aliphatic rings. The van der Waals surface area contributed by atoms with Gasteiger partial charge in [0, 0.05) is 18.8 Å². The highest BCUT2D eigenvalue weighted by Crippen LogP contribution is 2.31. The number of hydrogen-bond donors (Lipinski definition) is 1. The Kier molecular flexibility index (Phi) is 3.93. The Morgan fingerprint density at radius 2 is 1.80 bits per heavy atom. The van der Waals surface area contributed by atoms with E-state index in [0.717, 1.165) is 23.1 Å². The minimum atomic E-state index is -3.49. The Bertz CT molecular complexity index is 649. The first kappa shape index (κ1) is 15.1. The van der Waals surface area contributed by atoms with E-state index in [1.165, 1.54) is 0 Å². The zero-order valence-electron chi connectivity index (χ0n) is 12.5. The normalized spacial score (nSPS) is 17.1. The van der Waals surface area contributed by atoms with E-state index in [1.807, 2.05) is 26.8 Å². The van der Waals surface area contributed by atoms with Crippen LogP contribution in [0.4, 0.5) is 5.69 Å². The van der Waals surface area contributed by atoms with Gasteiger partial charge in [-0.3, -0.25) is 0 Å². The first-order chi connectivity index (χ1) is 9.25. The van der Waals surface area contributed by atoms with Crippen LogP contribution in [-0.4, -0.2) is 25.8 Å². The third kappa shape index (κ3) is 2.47. The van der Waals surface area contributed by atoms with Crippen LogP contribution in [0.1, 0.15) is 30.0 Å². The second-order valence-electron chi connectivity index (χ2n) is 5.54. The van der Waals surface area contributed by atoms with Crippen LogP contribution in [-0.2, 0) is 10.0 Å². The lowest BCUT2D eigenvalue weighted by atomic mass is 10.1. The molecule has 0 aromatic heterocycles. The van der Waals surface area contributed by atoms with Crippen molar-refractivity contribution in [2.75, 3.05) is 18.8 Å². The van der Waals surface area contributed by atoms with Gasteiger partial charge in [0.05, 0.1) is 4.90 Å². The van der Waals surface area contributed by atoms with Crippen molar-refractivity contribution in [3.63, 3.8) is 0 Å². The molecule has 0 radical (unpaired) electrons.